The Labute approximate surface area is 99.8 Å². The summed E-state index contributed by atoms with van der Waals surface area (Å²) in [6.45, 7) is 2.84. The smallest absolute Gasteiger partial charge is 0.0110 e. The van der Waals surface area contributed by atoms with Gasteiger partial charge in [0, 0.05) is 25.2 Å². The molecule has 0 amide bonds. The number of rotatable bonds is 2. The molecule has 1 saturated heterocycles. The lowest BCUT2D eigenvalue weighted by atomic mass is 9.90. The van der Waals surface area contributed by atoms with Crippen LogP contribution in [-0.4, -0.2) is 37.1 Å². The number of hydrogen-bond donors (Lipinski definition) is 1. The molecule has 0 aromatic carbocycles. The maximum absolute atomic E-state index is 3.48. The summed E-state index contributed by atoms with van der Waals surface area (Å²) in [6, 6.07) is 1.69. The lowest BCUT2D eigenvalue weighted by Gasteiger charge is -2.35. The second kappa shape index (κ2) is 4.66. The summed E-state index contributed by atoms with van der Waals surface area (Å²) in [5, 5.41) is 3.48. The van der Waals surface area contributed by atoms with E-state index >= 15 is 0 Å². The molecule has 1 heterocycles. The van der Waals surface area contributed by atoms with Crippen LogP contribution in [0.2, 0.25) is 0 Å². The molecule has 0 aromatic rings. The average Bonchev–Trinajstić information content (AvgIpc) is 2.89. The number of nitrogens with zero attached hydrogens (tertiary/aromatic N) is 1. The Morgan fingerprint density at radius 2 is 1.62 bits per heavy atom. The van der Waals surface area contributed by atoms with Crippen molar-refractivity contribution in [3.63, 3.8) is 0 Å². The quantitative estimate of drug-likeness (QED) is 0.771. The zero-order chi connectivity index (χ0) is 11.0. The van der Waals surface area contributed by atoms with E-state index in [1.807, 2.05) is 0 Å². The molecule has 16 heavy (non-hydrogen) atoms. The SMILES string of the molecule is CNC1CCCC(N2CC3CCCC3C2)C1. The fraction of sp³-hybridized carbons (Fsp3) is 1.00. The van der Waals surface area contributed by atoms with E-state index in [1.54, 1.807) is 0 Å². The highest BCUT2D eigenvalue weighted by Gasteiger charge is 2.39. The third-order valence-corrected chi connectivity index (χ3v) is 5.33. The lowest BCUT2D eigenvalue weighted by molar-refractivity contribution is 0.160. The molecule has 2 heteroatoms. The Balaban J connectivity index is 1.57. The van der Waals surface area contributed by atoms with Crippen molar-refractivity contribution in [2.75, 3.05) is 20.1 Å². The molecular weight excluding hydrogens is 196 g/mol. The van der Waals surface area contributed by atoms with E-state index < -0.39 is 0 Å². The first-order valence-electron chi connectivity index (χ1n) is 7.28. The zero-order valence-corrected chi connectivity index (χ0v) is 10.6. The standard InChI is InChI=1S/C14H26N2/c1-15-13-6-3-7-14(8-13)16-9-11-4-2-5-12(11)10-16/h11-15H,2-10H2,1H3. The maximum Gasteiger partial charge on any atom is 0.0110 e. The van der Waals surface area contributed by atoms with E-state index in [0.29, 0.717) is 0 Å². The van der Waals surface area contributed by atoms with Gasteiger partial charge in [0.2, 0.25) is 0 Å². The van der Waals surface area contributed by atoms with Crippen molar-refractivity contribution in [3.8, 4) is 0 Å². The van der Waals surface area contributed by atoms with Crippen molar-refractivity contribution in [2.24, 2.45) is 11.8 Å². The first kappa shape index (κ1) is 11.0. The molecule has 0 radical (unpaired) electrons. The largest absolute Gasteiger partial charge is 0.317 e. The van der Waals surface area contributed by atoms with Crippen LogP contribution in [0.15, 0.2) is 0 Å². The Kier molecular flexibility index (Phi) is 3.21. The second-order valence-electron chi connectivity index (χ2n) is 6.21. The predicted molar refractivity (Wildman–Crippen MR) is 67.5 cm³/mol. The van der Waals surface area contributed by atoms with Gasteiger partial charge in [0.15, 0.2) is 0 Å². The van der Waals surface area contributed by atoms with Crippen LogP contribution in [-0.2, 0) is 0 Å². The molecule has 4 unspecified atom stereocenters. The molecule has 2 saturated carbocycles. The van der Waals surface area contributed by atoms with Crippen LogP contribution >= 0.6 is 0 Å². The predicted octanol–water partition coefficient (Wildman–Crippen LogP) is 2.25. The van der Waals surface area contributed by atoms with Gasteiger partial charge >= 0.3 is 0 Å². The van der Waals surface area contributed by atoms with Crippen LogP contribution in [0, 0.1) is 11.8 Å². The van der Waals surface area contributed by atoms with E-state index in [2.05, 4.69) is 17.3 Å². The monoisotopic (exact) mass is 222 g/mol. The fourth-order valence-electron chi connectivity index (χ4n) is 4.33. The molecule has 0 aromatic heterocycles. The van der Waals surface area contributed by atoms with Crippen LogP contribution in [0.5, 0.6) is 0 Å². The first-order valence-corrected chi connectivity index (χ1v) is 7.28. The molecule has 1 aliphatic heterocycles. The molecule has 3 fully saturated rings. The van der Waals surface area contributed by atoms with E-state index in [-0.39, 0.29) is 0 Å². The minimum atomic E-state index is 0.791. The van der Waals surface area contributed by atoms with Gasteiger partial charge in [0.1, 0.15) is 0 Å². The van der Waals surface area contributed by atoms with Crippen molar-refractivity contribution in [3.05, 3.63) is 0 Å². The third kappa shape index (κ3) is 2.02. The molecule has 92 valence electrons. The van der Waals surface area contributed by atoms with Crippen LogP contribution in [0.4, 0.5) is 0 Å². The van der Waals surface area contributed by atoms with Crippen molar-refractivity contribution in [2.45, 2.75) is 57.0 Å². The van der Waals surface area contributed by atoms with E-state index in [9.17, 15) is 0 Å². The summed E-state index contributed by atoms with van der Waals surface area (Å²) in [5.41, 5.74) is 0. The summed E-state index contributed by atoms with van der Waals surface area (Å²) in [4.78, 5) is 2.83. The summed E-state index contributed by atoms with van der Waals surface area (Å²) >= 11 is 0. The molecule has 0 bridgehead atoms. The molecule has 3 rings (SSSR count). The van der Waals surface area contributed by atoms with Crippen molar-refractivity contribution < 1.29 is 0 Å². The van der Waals surface area contributed by atoms with E-state index in [4.69, 9.17) is 0 Å². The summed E-state index contributed by atoms with van der Waals surface area (Å²) in [5.74, 6) is 2.13. The van der Waals surface area contributed by atoms with E-state index in [0.717, 1.165) is 23.9 Å². The molecule has 2 nitrogen and oxygen atoms in total. The van der Waals surface area contributed by atoms with Gasteiger partial charge in [-0.05, 0) is 51.0 Å². The number of hydrogen-bond acceptors (Lipinski definition) is 2. The van der Waals surface area contributed by atoms with Crippen LogP contribution < -0.4 is 5.32 Å². The lowest BCUT2D eigenvalue weighted by Crippen LogP contribution is -2.42. The van der Waals surface area contributed by atoms with Crippen molar-refractivity contribution in [1.82, 2.24) is 10.2 Å². The minimum absolute atomic E-state index is 0.791. The van der Waals surface area contributed by atoms with Gasteiger partial charge in [0.05, 0.1) is 0 Å². The normalized spacial score (nSPS) is 44.8. The molecule has 3 aliphatic rings. The number of likely N-dealkylation sites (tertiary alicyclic amines) is 1. The van der Waals surface area contributed by atoms with Crippen molar-refractivity contribution in [1.29, 1.82) is 0 Å². The fourth-order valence-corrected chi connectivity index (χ4v) is 4.33. The van der Waals surface area contributed by atoms with Gasteiger partial charge in [-0.15, -0.1) is 0 Å². The second-order valence-corrected chi connectivity index (χ2v) is 6.21. The molecule has 0 spiro atoms. The highest BCUT2D eigenvalue weighted by atomic mass is 15.2. The van der Waals surface area contributed by atoms with Gasteiger partial charge in [-0.25, -0.2) is 0 Å². The Bertz CT molecular complexity index is 226. The number of fused-ring (bicyclic) bond motifs is 1. The van der Waals surface area contributed by atoms with Gasteiger partial charge in [-0.1, -0.05) is 12.8 Å². The van der Waals surface area contributed by atoms with Crippen LogP contribution in [0.1, 0.15) is 44.9 Å². The summed E-state index contributed by atoms with van der Waals surface area (Å²) in [6.07, 6.45) is 10.2. The van der Waals surface area contributed by atoms with Gasteiger partial charge < -0.3 is 5.32 Å². The Hall–Kier alpha value is -0.0800. The maximum atomic E-state index is 3.48. The topological polar surface area (TPSA) is 15.3 Å². The third-order valence-electron chi connectivity index (χ3n) is 5.33. The van der Waals surface area contributed by atoms with Crippen LogP contribution in [0.3, 0.4) is 0 Å². The highest BCUT2D eigenvalue weighted by molar-refractivity contribution is 4.93. The van der Waals surface area contributed by atoms with Crippen molar-refractivity contribution >= 4 is 0 Å². The molecule has 2 aliphatic carbocycles. The number of nitrogens with one attached hydrogen (secondary N) is 1. The molecule has 4 atom stereocenters. The highest BCUT2D eigenvalue weighted by Crippen LogP contribution is 2.40. The molecular formula is C14H26N2. The Morgan fingerprint density at radius 1 is 0.938 bits per heavy atom. The van der Waals surface area contributed by atoms with Gasteiger partial charge in [-0.2, -0.15) is 0 Å². The zero-order valence-electron chi connectivity index (χ0n) is 10.6. The average molecular weight is 222 g/mol. The van der Waals surface area contributed by atoms with Gasteiger partial charge in [0.25, 0.3) is 0 Å². The van der Waals surface area contributed by atoms with Gasteiger partial charge in [-0.3, -0.25) is 4.90 Å². The van der Waals surface area contributed by atoms with E-state index in [1.165, 1.54) is 58.0 Å². The summed E-state index contributed by atoms with van der Waals surface area (Å²) < 4.78 is 0. The Morgan fingerprint density at radius 3 is 2.31 bits per heavy atom. The first-order chi connectivity index (χ1) is 7.86. The molecule has 1 N–H and O–H groups in total. The van der Waals surface area contributed by atoms with Crippen LogP contribution in [0.25, 0.3) is 0 Å². The summed E-state index contributed by atoms with van der Waals surface area (Å²) in [7, 11) is 2.13. The minimum Gasteiger partial charge on any atom is -0.317 e.